The lowest BCUT2D eigenvalue weighted by Crippen LogP contribution is -2.05. The van der Waals surface area contributed by atoms with Gasteiger partial charge in [-0.1, -0.05) is 42.1 Å². The highest BCUT2D eigenvalue weighted by Gasteiger charge is 2.09. The number of para-hydroxylation sites is 1. The number of Topliss-reactive ketones (excluding diaryl/α,β-unsaturated/α-hetero) is 1. The van der Waals surface area contributed by atoms with E-state index in [2.05, 4.69) is 14.7 Å². The first-order chi connectivity index (χ1) is 15.0. The number of ketones is 1. The first-order valence-electron chi connectivity index (χ1n) is 9.37. The largest absolute Gasteiger partial charge is 0.755 e. The Balaban J connectivity index is 1.31. The van der Waals surface area contributed by atoms with Gasteiger partial charge in [0, 0.05) is 23.4 Å². The van der Waals surface area contributed by atoms with Gasteiger partial charge in [0.05, 0.1) is 16.8 Å². The normalized spacial score (nSPS) is 11.9. The quantitative estimate of drug-likeness (QED) is 0.287. The van der Waals surface area contributed by atoms with Gasteiger partial charge in [-0.25, -0.2) is 4.98 Å². The Morgan fingerprint density at radius 1 is 1.06 bits per heavy atom. The number of rotatable bonds is 9. The van der Waals surface area contributed by atoms with Crippen LogP contribution in [0.15, 0.2) is 78.0 Å². The molecule has 0 saturated carbocycles. The lowest BCUT2D eigenvalue weighted by Gasteiger charge is -2.07. The van der Waals surface area contributed by atoms with E-state index < -0.39 is 11.3 Å². The Bertz CT molecular complexity index is 1210. The van der Waals surface area contributed by atoms with E-state index in [1.165, 1.54) is 11.8 Å². The molecule has 1 atom stereocenters. The highest BCUT2D eigenvalue weighted by Crippen LogP contribution is 2.24. The van der Waals surface area contributed by atoms with Gasteiger partial charge in [-0.05, 0) is 48.0 Å². The molecular formula is C22H18N3O4S2-. The maximum Gasteiger partial charge on any atom is 0.166 e. The Morgan fingerprint density at radius 3 is 2.55 bits per heavy atom. The SMILES string of the molecule is O=C(CSc1nc2ccc(NS(=O)[O-])cc2[nH]1)Cc1ccc(Oc2ccccc2)cc1. The Hall–Kier alpha value is -3.14. The number of nitrogens with one attached hydrogen (secondary N) is 2. The zero-order valence-corrected chi connectivity index (χ0v) is 17.9. The standard InChI is InChI=1S/C22H19N3O4S2/c26-17(12-15-6-9-19(10-7-15)29-18-4-2-1-3-5-18)14-30-22-23-20-11-8-16(25-31(27)28)13-21(20)24-22/h1-11,13,25H,12,14H2,(H,23,24)(H,27,28)/p-1. The fraction of sp³-hybridized carbons (Fsp3) is 0.0909. The minimum atomic E-state index is -2.39. The molecule has 0 bridgehead atoms. The molecule has 0 aliphatic heterocycles. The summed E-state index contributed by atoms with van der Waals surface area (Å²) in [4.78, 5) is 19.9. The number of thioether (sulfide) groups is 1. The predicted molar refractivity (Wildman–Crippen MR) is 121 cm³/mol. The van der Waals surface area contributed by atoms with Gasteiger partial charge in [-0.15, -0.1) is 0 Å². The van der Waals surface area contributed by atoms with Crippen molar-refractivity contribution in [3.05, 3.63) is 78.4 Å². The molecule has 0 amide bonds. The minimum Gasteiger partial charge on any atom is -0.755 e. The molecule has 31 heavy (non-hydrogen) atoms. The maximum atomic E-state index is 12.4. The molecule has 9 heteroatoms. The van der Waals surface area contributed by atoms with Crippen molar-refractivity contribution in [1.82, 2.24) is 9.97 Å². The number of hydrogen-bond donors (Lipinski definition) is 2. The lowest BCUT2D eigenvalue weighted by atomic mass is 10.1. The molecule has 0 spiro atoms. The molecule has 0 saturated heterocycles. The smallest absolute Gasteiger partial charge is 0.166 e. The number of ether oxygens (including phenoxy) is 1. The van der Waals surface area contributed by atoms with Crippen LogP contribution in [-0.4, -0.2) is 30.3 Å². The van der Waals surface area contributed by atoms with Crippen molar-refractivity contribution in [3.8, 4) is 11.5 Å². The third-order valence-electron chi connectivity index (χ3n) is 4.33. The van der Waals surface area contributed by atoms with Crippen molar-refractivity contribution in [2.75, 3.05) is 10.5 Å². The summed E-state index contributed by atoms with van der Waals surface area (Å²) in [5.74, 6) is 1.83. The monoisotopic (exact) mass is 452 g/mol. The van der Waals surface area contributed by atoms with E-state index in [0.29, 0.717) is 34.0 Å². The molecule has 1 aromatic heterocycles. The van der Waals surface area contributed by atoms with Gasteiger partial charge in [-0.2, -0.15) is 0 Å². The zero-order valence-electron chi connectivity index (χ0n) is 16.2. The van der Waals surface area contributed by atoms with Crippen LogP contribution in [0.25, 0.3) is 11.0 Å². The molecule has 4 rings (SSSR count). The van der Waals surface area contributed by atoms with E-state index >= 15 is 0 Å². The number of imidazole rings is 1. The third-order valence-corrected chi connectivity index (χ3v) is 5.67. The van der Waals surface area contributed by atoms with E-state index in [4.69, 9.17) is 4.74 Å². The summed E-state index contributed by atoms with van der Waals surface area (Å²) in [7, 11) is 0. The van der Waals surface area contributed by atoms with Gasteiger partial charge in [0.2, 0.25) is 0 Å². The number of carbonyl (C=O) groups is 1. The van der Waals surface area contributed by atoms with Gasteiger partial charge in [0.25, 0.3) is 0 Å². The second-order valence-electron chi connectivity index (χ2n) is 6.67. The average Bonchev–Trinajstić information content (AvgIpc) is 3.16. The Kier molecular flexibility index (Phi) is 6.66. The number of aromatic amines is 1. The van der Waals surface area contributed by atoms with Crippen molar-refractivity contribution < 1.29 is 18.3 Å². The van der Waals surface area contributed by atoms with Crippen LogP contribution >= 0.6 is 11.8 Å². The molecule has 158 valence electrons. The molecule has 0 radical (unpaired) electrons. The molecular weight excluding hydrogens is 434 g/mol. The van der Waals surface area contributed by atoms with Crippen LogP contribution in [0.5, 0.6) is 11.5 Å². The number of H-pyrrole nitrogens is 1. The minimum absolute atomic E-state index is 0.0753. The Labute approximate surface area is 185 Å². The second-order valence-corrected chi connectivity index (χ2v) is 8.31. The molecule has 0 aliphatic rings. The van der Waals surface area contributed by atoms with E-state index in [1.807, 2.05) is 54.6 Å². The summed E-state index contributed by atoms with van der Waals surface area (Å²) in [5, 5.41) is 0.607. The zero-order chi connectivity index (χ0) is 21.6. The number of nitrogens with zero attached hydrogens (tertiary/aromatic N) is 1. The van der Waals surface area contributed by atoms with Crippen LogP contribution in [0.3, 0.4) is 0 Å². The topological polar surface area (TPSA) is 107 Å². The molecule has 1 heterocycles. The molecule has 0 fully saturated rings. The van der Waals surface area contributed by atoms with E-state index in [1.54, 1.807) is 18.2 Å². The first kappa shape index (κ1) is 21.1. The predicted octanol–water partition coefficient (Wildman–Crippen LogP) is 4.47. The van der Waals surface area contributed by atoms with Gasteiger partial charge in [0.15, 0.2) is 5.16 Å². The fourth-order valence-corrected chi connectivity index (χ4v) is 4.01. The highest BCUT2D eigenvalue weighted by molar-refractivity contribution is 7.99. The first-order valence-corrected chi connectivity index (χ1v) is 11.4. The summed E-state index contributed by atoms with van der Waals surface area (Å²) in [6, 6.07) is 22.0. The van der Waals surface area contributed by atoms with Gasteiger partial charge < -0.3 is 19.0 Å². The summed E-state index contributed by atoms with van der Waals surface area (Å²) >= 11 is -1.07. The van der Waals surface area contributed by atoms with E-state index in [-0.39, 0.29) is 11.5 Å². The summed E-state index contributed by atoms with van der Waals surface area (Å²) < 4.78 is 29.6. The summed E-state index contributed by atoms with van der Waals surface area (Å²) in [6.45, 7) is 0. The number of carbonyl (C=O) groups excluding carboxylic acids is 1. The van der Waals surface area contributed by atoms with Crippen LogP contribution in [0.2, 0.25) is 0 Å². The highest BCUT2D eigenvalue weighted by atomic mass is 32.2. The van der Waals surface area contributed by atoms with Crippen LogP contribution in [0, 0.1) is 0 Å². The number of aromatic nitrogens is 2. The van der Waals surface area contributed by atoms with E-state index in [0.717, 1.165) is 11.3 Å². The average molecular weight is 453 g/mol. The van der Waals surface area contributed by atoms with Gasteiger partial charge >= 0.3 is 0 Å². The van der Waals surface area contributed by atoms with Crippen LogP contribution in [0.4, 0.5) is 5.69 Å². The van der Waals surface area contributed by atoms with Crippen LogP contribution in [0.1, 0.15) is 5.56 Å². The molecule has 1 unspecified atom stereocenters. The van der Waals surface area contributed by atoms with Gasteiger partial charge in [-0.3, -0.25) is 9.00 Å². The number of anilines is 1. The molecule has 7 nitrogen and oxygen atoms in total. The third kappa shape index (κ3) is 5.94. The van der Waals surface area contributed by atoms with Crippen molar-refractivity contribution in [2.24, 2.45) is 0 Å². The number of hydrogen-bond acceptors (Lipinski definition) is 6. The molecule has 2 N–H and O–H groups in total. The summed E-state index contributed by atoms with van der Waals surface area (Å²) in [6.07, 6.45) is 0.322. The van der Waals surface area contributed by atoms with Crippen molar-refractivity contribution in [3.63, 3.8) is 0 Å². The van der Waals surface area contributed by atoms with Crippen molar-refractivity contribution >= 4 is 45.5 Å². The second kappa shape index (κ2) is 9.78. The molecule has 4 aromatic rings. The molecule has 0 aliphatic carbocycles. The van der Waals surface area contributed by atoms with Crippen molar-refractivity contribution in [2.45, 2.75) is 11.6 Å². The molecule has 3 aromatic carbocycles. The summed E-state index contributed by atoms with van der Waals surface area (Å²) in [5.41, 5.74) is 2.75. The van der Waals surface area contributed by atoms with Crippen LogP contribution < -0.4 is 9.46 Å². The lowest BCUT2D eigenvalue weighted by molar-refractivity contribution is -0.116. The fourth-order valence-electron chi connectivity index (χ4n) is 2.94. The van der Waals surface area contributed by atoms with Gasteiger partial charge in [0.1, 0.15) is 17.3 Å². The van der Waals surface area contributed by atoms with E-state index in [9.17, 15) is 13.6 Å². The number of benzene rings is 3. The van der Waals surface area contributed by atoms with Crippen molar-refractivity contribution in [1.29, 1.82) is 0 Å². The maximum absolute atomic E-state index is 12.4. The van der Waals surface area contributed by atoms with Crippen LogP contribution in [-0.2, 0) is 22.5 Å². The Morgan fingerprint density at radius 2 is 1.81 bits per heavy atom. The number of fused-ring (bicyclic) bond motifs is 1.